The van der Waals surface area contributed by atoms with Crippen molar-refractivity contribution >= 4 is 17.6 Å². The summed E-state index contributed by atoms with van der Waals surface area (Å²) >= 11 is 0. The number of nitrogens with two attached hydrogens (primary N) is 1. The highest BCUT2D eigenvalue weighted by Gasteiger charge is 2.37. The lowest BCUT2D eigenvalue weighted by molar-refractivity contribution is -0.143. The van der Waals surface area contributed by atoms with E-state index in [1.54, 1.807) is 0 Å². The zero-order valence-electron chi connectivity index (χ0n) is 15.2. The largest absolute Gasteiger partial charge is 0.416 e. The smallest absolute Gasteiger partial charge is 0.366 e. The summed E-state index contributed by atoms with van der Waals surface area (Å²) in [4.78, 5) is 27.1. The number of hydrogen-bond donors (Lipinski definition) is 1. The fourth-order valence-corrected chi connectivity index (χ4v) is 2.58. The molecule has 3 rings (SSSR count). The summed E-state index contributed by atoms with van der Waals surface area (Å²) in [7, 11) is 0. The van der Waals surface area contributed by atoms with Crippen LogP contribution >= 0.6 is 0 Å². The zero-order valence-corrected chi connectivity index (χ0v) is 15.2. The van der Waals surface area contributed by atoms with Gasteiger partial charge in [-0.15, -0.1) is 0 Å². The highest BCUT2D eigenvalue weighted by molar-refractivity contribution is 6.23. The van der Waals surface area contributed by atoms with Gasteiger partial charge in [0.2, 0.25) is 5.91 Å². The van der Waals surface area contributed by atoms with Crippen molar-refractivity contribution in [1.29, 1.82) is 0 Å². The Bertz CT molecular complexity index is 1110. The molecule has 0 saturated carbocycles. The van der Waals surface area contributed by atoms with E-state index in [9.17, 15) is 31.1 Å². The van der Waals surface area contributed by atoms with Crippen LogP contribution in [0.2, 0.25) is 0 Å². The molecule has 2 N–H and O–H groups in total. The van der Waals surface area contributed by atoms with Crippen LogP contribution in [0.3, 0.4) is 0 Å². The number of carbonyl (C=O) groups excluding carboxylic acids is 1. The van der Waals surface area contributed by atoms with Crippen LogP contribution in [0.4, 0.5) is 26.3 Å². The minimum Gasteiger partial charge on any atom is -0.366 e. The molecule has 1 amide bonds. The number of alkyl halides is 6. The third-order valence-electron chi connectivity index (χ3n) is 3.97. The Morgan fingerprint density at radius 2 is 1.42 bits per heavy atom. The Hall–Kier alpha value is -3.83. The van der Waals surface area contributed by atoms with Crippen molar-refractivity contribution in [2.75, 3.05) is 0 Å². The molecule has 3 aromatic rings. The monoisotopic (exact) mass is 439 g/mol. The Morgan fingerprint density at radius 3 is 1.94 bits per heavy atom. The average molecular weight is 439 g/mol. The van der Waals surface area contributed by atoms with Crippen LogP contribution in [0.15, 0.2) is 49.3 Å². The number of carbonyl (C=O) groups is 1. The van der Waals surface area contributed by atoms with Crippen LogP contribution in [-0.2, 0) is 17.1 Å². The lowest BCUT2D eigenvalue weighted by atomic mass is 10.0. The molecule has 0 spiro atoms. The standard InChI is InChI=1S/C19H11F6N5O/c20-18(21,22)12-1-10(2-13(3-12)19(23,24)25)16-8-27-7-14(30-16)4-15(17(26)31)11-5-28-9-29-6-11/h1-9H,(H2,26,31)/b15-4-. The second kappa shape index (κ2) is 8.13. The molecular formula is C19H11F6N5O. The first-order chi connectivity index (χ1) is 14.4. The number of nitrogens with zero attached hydrogens (tertiary/aromatic N) is 4. The van der Waals surface area contributed by atoms with Gasteiger partial charge in [-0.05, 0) is 24.3 Å². The lowest BCUT2D eigenvalue weighted by Gasteiger charge is -2.14. The summed E-state index contributed by atoms with van der Waals surface area (Å²) in [6, 6.07) is 1.08. The summed E-state index contributed by atoms with van der Waals surface area (Å²) < 4.78 is 78.6. The van der Waals surface area contributed by atoms with E-state index in [1.807, 2.05) is 0 Å². The van der Waals surface area contributed by atoms with E-state index < -0.39 is 35.0 Å². The molecule has 0 aliphatic rings. The average Bonchev–Trinajstić information content (AvgIpc) is 2.71. The normalized spacial score (nSPS) is 12.6. The Kier molecular flexibility index (Phi) is 5.73. The summed E-state index contributed by atoms with van der Waals surface area (Å²) in [5.74, 6) is -0.875. The molecule has 2 heterocycles. The van der Waals surface area contributed by atoms with Gasteiger partial charge < -0.3 is 5.73 Å². The number of benzene rings is 1. The second-order valence-electron chi connectivity index (χ2n) is 6.17. The fourth-order valence-electron chi connectivity index (χ4n) is 2.58. The molecule has 0 atom stereocenters. The van der Waals surface area contributed by atoms with E-state index >= 15 is 0 Å². The molecule has 0 aliphatic carbocycles. The van der Waals surface area contributed by atoms with Gasteiger partial charge in [0.05, 0.1) is 40.5 Å². The quantitative estimate of drug-likeness (QED) is 0.490. The topological polar surface area (TPSA) is 94.7 Å². The van der Waals surface area contributed by atoms with Gasteiger partial charge in [0.25, 0.3) is 0 Å². The molecule has 0 fully saturated rings. The maximum Gasteiger partial charge on any atom is 0.416 e. The molecular weight excluding hydrogens is 428 g/mol. The van der Waals surface area contributed by atoms with Gasteiger partial charge in [0.15, 0.2) is 0 Å². The highest BCUT2D eigenvalue weighted by Crippen LogP contribution is 2.38. The number of amides is 1. The van der Waals surface area contributed by atoms with E-state index in [4.69, 9.17) is 5.73 Å². The summed E-state index contributed by atoms with van der Waals surface area (Å²) in [5.41, 5.74) is 1.78. The molecule has 12 heteroatoms. The fraction of sp³-hybridized carbons (Fsp3) is 0.105. The van der Waals surface area contributed by atoms with Crippen molar-refractivity contribution < 1.29 is 31.1 Å². The minimum absolute atomic E-state index is 0.0152. The Labute approximate surface area is 170 Å². The molecule has 31 heavy (non-hydrogen) atoms. The van der Waals surface area contributed by atoms with Gasteiger partial charge in [-0.1, -0.05) is 0 Å². The number of primary amides is 1. The van der Waals surface area contributed by atoms with Crippen LogP contribution in [-0.4, -0.2) is 25.8 Å². The first kappa shape index (κ1) is 21.9. The lowest BCUT2D eigenvalue weighted by Crippen LogP contribution is -2.13. The van der Waals surface area contributed by atoms with Gasteiger partial charge in [0, 0.05) is 23.5 Å². The summed E-state index contributed by atoms with van der Waals surface area (Å²) in [6.07, 6.45) is -2.87. The van der Waals surface area contributed by atoms with Crippen LogP contribution in [0.5, 0.6) is 0 Å². The van der Waals surface area contributed by atoms with E-state index in [1.165, 1.54) is 24.8 Å². The maximum absolute atomic E-state index is 13.1. The van der Waals surface area contributed by atoms with Crippen molar-refractivity contribution in [1.82, 2.24) is 19.9 Å². The van der Waals surface area contributed by atoms with Crippen LogP contribution in [0.1, 0.15) is 22.4 Å². The van der Waals surface area contributed by atoms with E-state index in [0.29, 0.717) is 12.1 Å². The minimum atomic E-state index is -5.01. The Balaban J connectivity index is 2.12. The highest BCUT2D eigenvalue weighted by atomic mass is 19.4. The maximum atomic E-state index is 13.1. The molecule has 0 radical (unpaired) electrons. The summed E-state index contributed by atoms with van der Waals surface area (Å²) in [6.45, 7) is 0. The van der Waals surface area contributed by atoms with Crippen LogP contribution < -0.4 is 5.73 Å². The van der Waals surface area contributed by atoms with Crippen molar-refractivity contribution in [2.24, 2.45) is 5.73 Å². The third kappa shape index (κ3) is 5.21. The zero-order chi connectivity index (χ0) is 22.8. The Morgan fingerprint density at radius 1 is 0.839 bits per heavy atom. The first-order valence-electron chi connectivity index (χ1n) is 8.34. The van der Waals surface area contributed by atoms with Gasteiger partial charge in [-0.3, -0.25) is 9.78 Å². The molecule has 0 saturated heterocycles. The predicted octanol–water partition coefficient (Wildman–Crippen LogP) is 4.00. The van der Waals surface area contributed by atoms with Crippen LogP contribution in [0.25, 0.3) is 22.9 Å². The van der Waals surface area contributed by atoms with Crippen molar-refractivity contribution in [3.8, 4) is 11.3 Å². The molecule has 0 unspecified atom stereocenters. The third-order valence-corrected chi connectivity index (χ3v) is 3.97. The van der Waals surface area contributed by atoms with Crippen molar-refractivity contribution in [3.05, 3.63) is 71.7 Å². The van der Waals surface area contributed by atoms with Crippen molar-refractivity contribution in [3.63, 3.8) is 0 Å². The molecule has 160 valence electrons. The number of aromatic nitrogens is 4. The molecule has 0 aliphatic heterocycles. The van der Waals surface area contributed by atoms with Gasteiger partial charge in [0.1, 0.15) is 6.33 Å². The second-order valence-corrected chi connectivity index (χ2v) is 6.17. The van der Waals surface area contributed by atoms with Gasteiger partial charge >= 0.3 is 12.4 Å². The van der Waals surface area contributed by atoms with E-state index in [-0.39, 0.29) is 28.6 Å². The van der Waals surface area contributed by atoms with E-state index in [2.05, 4.69) is 19.9 Å². The summed E-state index contributed by atoms with van der Waals surface area (Å²) in [5, 5.41) is 0. The van der Waals surface area contributed by atoms with Crippen molar-refractivity contribution in [2.45, 2.75) is 12.4 Å². The number of rotatable bonds is 4. The first-order valence-corrected chi connectivity index (χ1v) is 8.34. The van der Waals surface area contributed by atoms with E-state index in [0.717, 1.165) is 12.4 Å². The number of hydrogen-bond acceptors (Lipinski definition) is 5. The SMILES string of the molecule is NC(=O)/C(=C\c1cncc(-c2cc(C(F)(F)F)cc(C(F)(F)F)c2)n1)c1cncnc1. The van der Waals surface area contributed by atoms with Crippen LogP contribution in [0, 0.1) is 0 Å². The van der Waals surface area contributed by atoms with Gasteiger partial charge in [-0.2, -0.15) is 26.3 Å². The molecule has 6 nitrogen and oxygen atoms in total. The molecule has 1 aromatic carbocycles. The molecule has 0 bridgehead atoms. The van der Waals surface area contributed by atoms with Gasteiger partial charge in [-0.25, -0.2) is 15.0 Å². The molecule has 2 aromatic heterocycles. The number of halogens is 6. The predicted molar refractivity (Wildman–Crippen MR) is 96.6 cm³/mol.